The highest BCUT2D eigenvalue weighted by atomic mass is 16.5. The van der Waals surface area contributed by atoms with E-state index in [0.29, 0.717) is 24.4 Å². The highest BCUT2D eigenvalue weighted by Gasteiger charge is 2.07. The minimum Gasteiger partial charge on any atom is -0.497 e. The molecule has 2 aromatic carbocycles. The topological polar surface area (TPSA) is 67.4 Å². The number of benzene rings is 2. The van der Waals surface area contributed by atoms with Crippen molar-refractivity contribution in [3.8, 4) is 5.75 Å². The molecule has 126 valence electrons. The quantitative estimate of drug-likeness (QED) is 0.781. The summed E-state index contributed by atoms with van der Waals surface area (Å²) in [5, 5.41) is 5.59. The first-order chi connectivity index (χ1) is 11.7. The molecule has 2 rings (SSSR count). The van der Waals surface area contributed by atoms with Gasteiger partial charge in [-0.1, -0.05) is 36.4 Å². The second-order valence-electron chi connectivity index (χ2n) is 5.32. The van der Waals surface area contributed by atoms with Crippen LogP contribution in [-0.4, -0.2) is 32.0 Å². The van der Waals surface area contributed by atoms with Gasteiger partial charge in [-0.2, -0.15) is 0 Å². The Hall–Kier alpha value is -2.82. The third-order valence-electron chi connectivity index (χ3n) is 3.55. The van der Waals surface area contributed by atoms with E-state index in [9.17, 15) is 9.59 Å². The van der Waals surface area contributed by atoms with E-state index in [1.807, 2.05) is 30.3 Å². The minimum absolute atomic E-state index is 0.0723. The second-order valence-corrected chi connectivity index (χ2v) is 5.32. The fraction of sp³-hybridized carbons (Fsp3) is 0.263. The third-order valence-corrected chi connectivity index (χ3v) is 3.55. The summed E-state index contributed by atoms with van der Waals surface area (Å²) in [6.07, 6.45) is 1.05. The standard InChI is InChI=1S/C19H22N2O3/c1-24-17-9-5-8-16(14-17)19(23)21-13-11-18(22)20-12-10-15-6-3-2-4-7-15/h2-9,14H,10-13H2,1H3,(H,20,22)(H,21,23). The van der Waals surface area contributed by atoms with E-state index >= 15 is 0 Å². The molecule has 0 spiro atoms. The predicted octanol–water partition coefficient (Wildman–Crippen LogP) is 2.17. The number of hydrogen-bond acceptors (Lipinski definition) is 3. The van der Waals surface area contributed by atoms with Crippen molar-refractivity contribution < 1.29 is 14.3 Å². The van der Waals surface area contributed by atoms with Crippen molar-refractivity contribution in [1.82, 2.24) is 10.6 Å². The van der Waals surface area contributed by atoms with E-state index in [4.69, 9.17) is 4.74 Å². The first kappa shape index (κ1) is 17.5. The molecule has 0 aromatic heterocycles. The van der Waals surface area contributed by atoms with Crippen molar-refractivity contribution >= 4 is 11.8 Å². The van der Waals surface area contributed by atoms with Gasteiger partial charge >= 0.3 is 0 Å². The highest BCUT2D eigenvalue weighted by Crippen LogP contribution is 2.12. The predicted molar refractivity (Wildman–Crippen MR) is 93.1 cm³/mol. The molecule has 2 amide bonds. The number of nitrogens with one attached hydrogen (secondary N) is 2. The SMILES string of the molecule is COc1cccc(C(=O)NCCC(=O)NCCc2ccccc2)c1. The summed E-state index contributed by atoms with van der Waals surface area (Å²) in [7, 11) is 1.55. The minimum atomic E-state index is -0.217. The van der Waals surface area contributed by atoms with E-state index in [0.717, 1.165) is 6.42 Å². The zero-order chi connectivity index (χ0) is 17.2. The van der Waals surface area contributed by atoms with Gasteiger partial charge in [0.1, 0.15) is 5.75 Å². The lowest BCUT2D eigenvalue weighted by molar-refractivity contribution is -0.120. The fourth-order valence-corrected chi connectivity index (χ4v) is 2.24. The molecule has 0 aliphatic carbocycles. The molecule has 24 heavy (non-hydrogen) atoms. The Balaban J connectivity index is 1.65. The molecule has 0 aliphatic heterocycles. The summed E-state index contributed by atoms with van der Waals surface area (Å²) >= 11 is 0. The molecule has 5 nitrogen and oxygen atoms in total. The summed E-state index contributed by atoms with van der Waals surface area (Å²) in [5.74, 6) is 0.337. The van der Waals surface area contributed by atoms with Gasteiger partial charge in [0.2, 0.25) is 5.91 Å². The summed E-state index contributed by atoms with van der Waals surface area (Å²) in [6.45, 7) is 0.889. The van der Waals surface area contributed by atoms with Crippen LogP contribution in [0.4, 0.5) is 0 Å². The molecule has 0 aliphatic rings. The maximum atomic E-state index is 12.0. The molecule has 0 saturated carbocycles. The molecule has 0 radical (unpaired) electrons. The van der Waals surface area contributed by atoms with Gasteiger partial charge in [-0.25, -0.2) is 0 Å². The summed E-state index contributed by atoms with van der Waals surface area (Å²) in [6, 6.07) is 16.9. The smallest absolute Gasteiger partial charge is 0.251 e. The monoisotopic (exact) mass is 326 g/mol. The molecule has 0 unspecified atom stereocenters. The number of methoxy groups -OCH3 is 1. The summed E-state index contributed by atoms with van der Waals surface area (Å²) in [5.41, 5.74) is 1.70. The molecule has 0 heterocycles. The van der Waals surface area contributed by atoms with Crippen molar-refractivity contribution in [2.45, 2.75) is 12.8 Å². The number of amides is 2. The maximum Gasteiger partial charge on any atom is 0.251 e. The van der Waals surface area contributed by atoms with Crippen LogP contribution in [0.25, 0.3) is 0 Å². The largest absolute Gasteiger partial charge is 0.497 e. The Morgan fingerprint density at radius 1 is 0.958 bits per heavy atom. The average Bonchev–Trinajstić information content (AvgIpc) is 2.62. The van der Waals surface area contributed by atoms with Gasteiger partial charge in [-0.15, -0.1) is 0 Å². The molecule has 0 atom stereocenters. The number of carbonyl (C=O) groups excluding carboxylic acids is 2. The zero-order valence-corrected chi connectivity index (χ0v) is 13.7. The Labute approximate surface area is 142 Å². The number of ether oxygens (including phenoxy) is 1. The molecule has 0 bridgehead atoms. The van der Waals surface area contributed by atoms with Crippen LogP contribution < -0.4 is 15.4 Å². The first-order valence-electron chi connectivity index (χ1n) is 7.92. The van der Waals surface area contributed by atoms with Crippen LogP contribution in [0.2, 0.25) is 0 Å². The number of hydrogen-bond donors (Lipinski definition) is 2. The molecule has 0 fully saturated rings. The van der Waals surface area contributed by atoms with E-state index in [1.165, 1.54) is 5.56 Å². The highest BCUT2D eigenvalue weighted by molar-refractivity contribution is 5.94. The Bertz CT molecular complexity index is 671. The lowest BCUT2D eigenvalue weighted by atomic mass is 10.1. The maximum absolute atomic E-state index is 12.0. The van der Waals surface area contributed by atoms with Crippen LogP contribution in [-0.2, 0) is 11.2 Å². The van der Waals surface area contributed by atoms with E-state index in [1.54, 1.807) is 31.4 Å². The van der Waals surface area contributed by atoms with Crippen LogP contribution in [0.1, 0.15) is 22.3 Å². The molecular weight excluding hydrogens is 304 g/mol. The van der Waals surface area contributed by atoms with Crippen LogP contribution in [0.5, 0.6) is 5.75 Å². The Morgan fingerprint density at radius 2 is 1.75 bits per heavy atom. The van der Waals surface area contributed by atoms with Gasteiger partial charge in [0.15, 0.2) is 0 Å². The van der Waals surface area contributed by atoms with Crippen molar-refractivity contribution in [1.29, 1.82) is 0 Å². The Morgan fingerprint density at radius 3 is 2.50 bits per heavy atom. The Kier molecular flexibility index (Phi) is 6.83. The van der Waals surface area contributed by atoms with Crippen molar-refractivity contribution in [3.63, 3.8) is 0 Å². The van der Waals surface area contributed by atoms with Gasteiger partial charge in [-0.05, 0) is 30.2 Å². The van der Waals surface area contributed by atoms with E-state index in [2.05, 4.69) is 10.6 Å². The van der Waals surface area contributed by atoms with Crippen molar-refractivity contribution in [2.75, 3.05) is 20.2 Å². The normalized spacial score (nSPS) is 10.0. The van der Waals surface area contributed by atoms with Crippen molar-refractivity contribution in [3.05, 3.63) is 65.7 Å². The van der Waals surface area contributed by atoms with Crippen molar-refractivity contribution in [2.24, 2.45) is 0 Å². The molecule has 5 heteroatoms. The van der Waals surface area contributed by atoms with Gasteiger partial charge in [0, 0.05) is 25.1 Å². The van der Waals surface area contributed by atoms with Gasteiger partial charge < -0.3 is 15.4 Å². The average molecular weight is 326 g/mol. The zero-order valence-electron chi connectivity index (χ0n) is 13.7. The van der Waals surface area contributed by atoms with Crippen LogP contribution in [0, 0.1) is 0 Å². The van der Waals surface area contributed by atoms with Gasteiger partial charge in [-0.3, -0.25) is 9.59 Å². The lowest BCUT2D eigenvalue weighted by Crippen LogP contribution is -2.31. The second kappa shape index (κ2) is 9.35. The van der Waals surface area contributed by atoms with Gasteiger partial charge in [0.05, 0.1) is 7.11 Å². The van der Waals surface area contributed by atoms with Crippen LogP contribution in [0.15, 0.2) is 54.6 Å². The number of carbonyl (C=O) groups is 2. The van der Waals surface area contributed by atoms with E-state index < -0.39 is 0 Å². The molecule has 2 aromatic rings. The number of rotatable bonds is 8. The molecule has 2 N–H and O–H groups in total. The van der Waals surface area contributed by atoms with Gasteiger partial charge in [0.25, 0.3) is 5.91 Å². The van der Waals surface area contributed by atoms with Crippen LogP contribution in [0.3, 0.4) is 0 Å². The summed E-state index contributed by atoms with van der Waals surface area (Å²) < 4.78 is 5.08. The lowest BCUT2D eigenvalue weighted by Gasteiger charge is -2.08. The fourth-order valence-electron chi connectivity index (χ4n) is 2.24. The third kappa shape index (κ3) is 5.76. The molecule has 0 saturated heterocycles. The summed E-state index contributed by atoms with van der Waals surface area (Å²) in [4.78, 5) is 23.8. The first-order valence-corrected chi connectivity index (χ1v) is 7.92. The van der Waals surface area contributed by atoms with Crippen LogP contribution >= 0.6 is 0 Å². The van der Waals surface area contributed by atoms with E-state index in [-0.39, 0.29) is 18.2 Å². The molecular formula is C19H22N2O3.